The molecule has 190 valence electrons. The molecule has 5 rings (SSSR count). The topological polar surface area (TPSA) is 53.1 Å². The highest BCUT2D eigenvalue weighted by Crippen LogP contribution is 2.48. The first-order chi connectivity index (χ1) is 17.0. The first-order valence-corrected chi connectivity index (χ1v) is 14.9. The highest BCUT2D eigenvalue weighted by atomic mass is 32.2. The number of anilines is 2. The molecule has 35 heavy (non-hydrogen) atoms. The van der Waals surface area contributed by atoms with Crippen molar-refractivity contribution < 1.29 is 13.2 Å². The number of para-hydroxylation sites is 1. The van der Waals surface area contributed by atoms with E-state index in [0.717, 1.165) is 56.9 Å². The number of rotatable bonds is 8. The largest absolute Gasteiger partial charge is 0.494 e. The predicted octanol–water partition coefficient (Wildman–Crippen LogP) is 4.65. The van der Waals surface area contributed by atoms with Gasteiger partial charge in [0.05, 0.1) is 18.0 Å². The molecule has 0 amide bonds. The molecule has 3 aliphatic heterocycles. The van der Waals surface area contributed by atoms with Crippen LogP contribution in [-0.4, -0.2) is 64.9 Å². The van der Waals surface area contributed by atoms with Gasteiger partial charge in [0.15, 0.2) is 0 Å². The van der Waals surface area contributed by atoms with Gasteiger partial charge in [0.25, 0.3) is 0 Å². The SMILES string of the molecule is CCS(=O)(=O)N1CC2(CCN(c3ccc(OCCCN4CCCCC4)cc3)CC2)c2ccccc21. The number of nitrogens with zero attached hydrogens (tertiary/aromatic N) is 3. The number of piperidine rings is 2. The van der Waals surface area contributed by atoms with Crippen molar-refractivity contribution in [1.82, 2.24) is 4.90 Å². The van der Waals surface area contributed by atoms with E-state index in [0.29, 0.717) is 6.54 Å². The van der Waals surface area contributed by atoms with Crippen molar-refractivity contribution >= 4 is 21.4 Å². The Morgan fingerprint density at radius 3 is 2.34 bits per heavy atom. The molecule has 0 aromatic heterocycles. The smallest absolute Gasteiger partial charge is 0.234 e. The van der Waals surface area contributed by atoms with E-state index in [1.54, 1.807) is 11.2 Å². The molecule has 2 aromatic rings. The van der Waals surface area contributed by atoms with E-state index in [1.807, 2.05) is 18.2 Å². The van der Waals surface area contributed by atoms with Gasteiger partial charge in [-0.05, 0) is 88.0 Å². The van der Waals surface area contributed by atoms with Crippen LogP contribution in [0, 0.1) is 0 Å². The van der Waals surface area contributed by atoms with Crippen LogP contribution in [0.2, 0.25) is 0 Å². The van der Waals surface area contributed by atoms with Crippen LogP contribution in [0.25, 0.3) is 0 Å². The van der Waals surface area contributed by atoms with Crippen molar-refractivity contribution in [3.8, 4) is 5.75 Å². The van der Waals surface area contributed by atoms with Gasteiger partial charge in [0, 0.05) is 37.3 Å². The first-order valence-electron chi connectivity index (χ1n) is 13.3. The lowest BCUT2D eigenvalue weighted by Crippen LogP contribution is -2.46. The maximum Gasteiger partial charge on any atom is 0.234 e. The number of hydrogen-bond donors (Lipinski definition) is 0. The summed E-state index contributed by atoms with van der Waals surface area (Å²) in [5.74, 6) is 1.07. The third kappa shape index (κ3) is 5.17. The average Bonchev–Trinajstić information content (AvgIpc) is 3.23. The van der Waals surface area contributed by atoms with Gasteiger partial charge in [-0.3, -0.25) is 4.31 Å². The number of ether oxygens (including phenoxy) is 1. The Morgan fingerprint density at radius 2 is 1.63 bits per heavy atom. The average molecular weight is 498 g/mol. The summed E-state index contributed by atoms with van der Waals surface area (Å²) in [7, 11) is -3.27. The van der Waals surface area contributed by atoms with Crippen LogP contribution in [0.4, 0.5) is 11.4 Å². The van der Waals surface area contributed by atoms with E-state index in [1.165, 1.54) is 43.6 Å². The second-order valence-corrected chi connectivity index (χ2v) is 12.5. The molecule has 2 saturated heterocycles. The maximum absolute atomic E-state index is 12.8. The van der Waals surface area contributed by atoms with Gasteiger partial charge in [-0.2, -0.15) is 0 Å². The standard InChI is InChI=1S/C28H39N3O3S/c1-2-35(32,33)31-23-28(26-9-4-5-10-27(26)31)15-20-30(21-16-28)24-11-13-25(14-12-24)34-22-8-19-29-17-6-3-7-18-29/h4-5,9-14H,2-3,6-8,15-23H2,1H3. The lowest BCUT2D eigenvalue weighted by molar-refractivity contribution is 0.205. The lowest BCUT2D eigenvalue weighted by atomic mass is 9.74. The summed E-state index contributed by atoms with van der Waals surface area (Å²) in [6.45, 7) is 8.52. The van der Waals surface area contributed by atoms with Crippen molar-refractivity contribution in [1.29, 1.82) is 0 Å². The second-order valence-electron chi connectivity index (χ2n) is 10.3. The van der Waals surface area contributed by atoms with Crippen LogP contribution < -0.4 is 13.9 Å². The molecule has 7 heteroatoms. The van der Waals surface area contributed by atoms with Crippen molar-refractivity contribution in [2.24, 2.45) is 0 Å². The Kier molecular flexibility index (Phi) is 7.26. The molecular weight excluding hydrogens is 458 g/mol. The van der Waals surface area contributed by atoms with Gasteiger partial charge in [-0.25, -0.2) is 8.42 Å². The predicted molar refractivity (Wildman–Crippen MR) is 143 cm³/mol. The normalized spacial score (nSPS) is 20.3. The van der Waals surface area contributed by atoms with Crippen LogP contribution in [0.1, 0.15) is 51.0 Å². The molecule has 0 aliphatic carbocycles. The Morgan fingerprint density at radius 1 is 0.914 bits per heavy atom. The van der Waals surface area contributed by atoms with E-state index in [4.69, 9.17) is 4.74 Å². The van der Waals surface area contributed by atoms with Gasteiger partial charge < -0.3 is 14.5 Å². The van der Waals surface area contributed by atoms with Crippen molar-refractivity contribution in [3.63, 3.8) is 0 Å². The number of sulfonamides is 1. The second kappa shape index (κ2) is 10.4. The molecular formula is C28H39N3O3S. The zero-order chi connectivity index (χ0) is 24.3. The summed E-state index contributed by atoms with van der Waals surface area (Å²) in [5.41, 5.74) is 3.20. The number of benzene rings is 2. The Balaban J connectivity index is 1.16. The molecule has 2 fully saturated rings. The third-order valence-electron chi connectivity index (χ3n) is 8.15. The summed E-state index contributed by atoms with van der Waals surface area (Å²) in [6, 6.07) is 16.6. The van der Waals surface area contributed by atoms with E-state index in [-0.39, 0.29) is 11.2 Å². The third-order valence-corrected chi connectivity index (χ3v) is 9.88. The molecule has 2 aromatic carbocycles. The van der Waals surface area contributed by atoms with E-state index < -0.39 is 10.0 Å². The molecule has 0 saturated carbocycles. The lowest BCUT2D eigenvalue weighted by Gasteiger charge is -2.41. The minimum atomic E-state index is -3.27. The van der Waals surface area contributed by atoms with E-state index in [2.05, 4.69) is 40.1 Å². The Bertz CT molecular complexity index is 1090. The molecule has 0 atom stereocenters. The molecule has 0 unspecified atom stereocenters. The molecule has 1 spiro atoms. The van der Waals surface area contributed by atoms with Gasteiger partial charge in [-0.15, -0.1) is 0 Å². The van der Waals surface area contributed by atoms with Crippen molar-refractivity contribution in [3.05, 3.63) is 54.1 Å². The molecule has 6 nitrogen and oxygen atoms in total. The molecule has 0 N–H and O–H groups in total. The zero-order valence-electron chi connectivity index (χ0n) is 21.0. The summed E-state index contributed by atoms with van der Waals surface area (Å²) in [6.07, 6.45) is 7.03. The number of hydrogen-bond acceptors (Lipinski definition) is 5. The number of likely N-dealkylation sites (tertiary alicyclic amines) is 1. The summed E-state index contributed by atoms with van der Waals surface area (Å²) in [5, 5.41) is 0. The summed E-state index contributed by atoms with van der Waals surface area (Å²) < 4.78 is 33.2. The molecule has 3 heterocycles. The Hall–Kier alpha value is -2.25. The maximum atomic E-state index is 12.8. The van der Waals surface area contributed by atoms with E-state index >= 15 is 0 Å². The summed E-state index contributed by atoms with van der Waals surface area (Å²) >= 11 is 0. The monoisotopic (exact) mass is 497 g/mol. The van der Waals surface area contributed by atoms with Crippen LogP contribution >= 0.6 is 0 Å². The van der Waals surface area contributed by atoms with Crippen LogP contribution in [-0.2, 0) is 15.4 Å². The first kappa shape index (κ1) is 24.4. The summed E-state index contributed by atoms with van der Waals surface area (Å²) in [4.78, 5) is 4.98. The molecule has 0 bridgehead atoms. The molecule has 3 aliphatic rings. The fourth-order valence-electron chi connectivity index (χ4n) is 6.02. The highest BCUT2D eigenvalue weighted by molar-refractivity contribution is 7.92. The number of fused-ring (bicyclic) bond motifs is 2. The van der Waals surface area contributed by atoms with E-state index in [9.17, 15) is 8.42 Å². The van der Waals surface area contributed by atoms with Crippen LogP contribution in [0.3, 0.4) is 0 Å². The van der Waals surface area contributed by atoms with Crippen LogP contribution in [0.5, 0.6) is 5.75 Å². The minimum absolute atomic E-state index is 0.0905. The van der Waals surface area contributed by atoms with Gasteiger partial charge in [0.2, 0.25) is 10.0 Å². The minimum Gasteiger partial charge on any atom is -0.494 e. The Labute approximate surface area is 210 Å². The highest BCUT2D eigenvalue weighted by Gasteiger charge is 2.47. The van der Waals surface area contributed by atoms with Crippen molar-refractivity contribution in [2.75, 3.05) is 60.8 Å². The van der Waals surface area contributed by atoms with Gasteiger partial charge >= 0.3 is 0 Å². The van der Waals surface area contributed by atoms with Gasteiger partial charge in [0.1, 0.15) is 5.75 Å². The van der Waals surface area contributed by atoms with Crippen molar-refractivity contribution in [2.45, 2.75) is 50.9 Å². The quantitative estimate of drug-likeness (QED) is 0.497. The van der Waals surface area contributed by atoms with Gasteiger partial charge in [-0.1, -0.05) is 24.6 Å². The molecule has 0 radical (unpaired) electrons. The fraction of sp³-hybridized carbons (Fsp3) is 0.571. The fourth-order valence-corrected chi connectivity index (χ4v) is 7.24. The van der Waals surface area contributed by atoms with Crippen LogP contribution in [0.15, 0.2) is 48.5 Å². The zero-order valence-corrected chi connectivity index (χ0v) is 21.8.